The van der Waals surface area contributed by atoms with Crippen molar-refractivity contribution in [2.24, 2.45) is 17.3 Å². The molecule has 1 aliphatic carbocycles. The van der Waals surface area contributed by atoms with Gasteiger partial charge in [0, 0.05) is 19.0 Å². The summed E-state index contributed by atoms with van der Waals surface area (Å²) in [7, 11) is 1.44. The number of esters is 1. The molecule has 5 nitrogen and oxygen atoms in total. The smallest absolute Gasteiger partial charge is 0.308 e. The van der Waals surface area contributed by atoms with Crippen molar-refractivity contribution in [2.75, 3.05) is 33.3 Å². The topological polar surface area (TPSA) is 58.6 Å². The highest BCUT2D eigenvalue weighted by molar-refractivity contribution is 5.83. The van der Waals surface area contributed by atoms with Gasteiger partial charge < -0.3 is 15.0 Å². The lowest BCUT2D eigenvalue weighted by atomic mass is 9.91. The average molecular weight is 280 g/mol. The van der Waals surface area contributed by atoms with Crippen LogP contribution in [0.15, 0.2) is 0 Å². The van der Waals surface area contributed by atoms with Gasteiger partial charge >= 0.3 is 5.97 Å². The Morgan fingerprint density at radius 2 is 1.85 bits per heavy atom. The van der Waals surface area contributed by atoms with Crippen molar-refractivity contribution in [3.8, 4) is 0 Å². The van der Waals surface area contributed by atoms with Crippen molar-refractivity contribution < 1.29 is 14.3 Å². The second-order valence-corrected chi connectivity index (χ2v) is 6.49. The summed E-state index contributed by atoms with van der Waals surface area (Å²) >= 11 is 0. The maximum Gasteiger partial charge on any atom is 0.308 e. The van der Waals surface area contributed by atoms with Crippen LogP contribution >= 0.6 is 0 Å². The molecule has 0 bridgehead atoms. The molecule has 1 spiro atoms. The van der Waals surface area contributed by atoms with Crippen LogP contribution in [0.2, 0.25) is 0 Å². The maximum atomic E-state index is 12.6. The van der Waals surface area contributed by atoms with E-state index in [4.69, 9.17) is 4.74 Å². The summed E-state index contributed by atoms with van der Waals surface area (Å²) in [6, 6.07) is 0. The minimum Gasteiger partial charge on any atom is -0.469 e. The number of piperidine rings is 2. The van der Waals surface area contributed by atoms with E-state index in [0.717, 1.165) is 45.2 Å². The molecule has 0 aromatic carbocycles. The minimum absolute atomic E-state index is 0.0175. The molecule has 2 aliphatic heterocycles. The molecule has 1 N–H and O–H groups in total. The number of carbonyl (C=O) groups excluding carboxylic acids is 2. The quantitative estimate of drug-likeness (QED) is 0.760. The molecule has 20 heavy (non-hydrogen) atoms. The molecule has 3 aliphatic rings. The van der Waals surface area contributed by atoms with Gasteiger partial charge in [0.05, 0.1) is 13.0 Å². The van der Waals surface area contributed by atoms with E-state index in [1.54, 1.807) is 0 Å². The number of nitrogens with zero attached hydrogens (tertiary/aromatic N) is 1. The van der Waals surface area contributed by atoms with Gasteiger partial charge in [0.1, 0.15) is 0 Å². The fourth-order valence-electron chi connectivity index (χ4n) is 3.90. The molecule has 0 radical (unpaired) electrons. The van der Waals surface area contributed by atoms with Gasteiger partial charge in [-0.05, 0) is 50.6 Å². The van der Waals surface area contributed by atoms with Crippen molar-refractivity contribution in [1.82, 2.24) is 10.2 Å². The largest absolute Gasteiger partial charge is 0.469 e. The van der Waals surface area contributed by atoms with Crippen LogP contribution in [0.1, 0.15) is 32.1 Å². The second kappa shape index (κ2) is 5.35. The zero-order chi connectivity index (χ0) is 14.2. The minimum atomic E-state index is -0.127. The number of hydrogen-bond acceptors (Lipinski definition) is 4. The lowest BCUT2D eigenvalue weighted by Crippen LogP contribution is -2.42. The van der Waals surface area contributed by atoms with Crippen LogP contribution in [0.25, 0.3) is 0 Å². The SMILES string of the molecule is COC(=O)C1CCN(C(=O)C2CC23CCNCC3)CC1. The van der Waals surface area contributed by atoms with E-state index in [2.05, 4.69) is 5.32 Å². The van der Waals surface area contributed by atoms with Crippen LogP contribution in [0, 0.1) is 17.3 Å². The fraction of sp³-hybridized carbons (Fsp3) is 0.867. The number of ether oxygens (including phenoxy) is 1. The van der Waals surface area contributed by atoms with Crippen LogP contribution in [0.5, 0.6) is 0 Å². The molecule has 1 unspecified atom stereocenters. The van der Waals surface area contributed by atoms with Gasteiger partial charge in [0.15, 0.2) is 0 Å². The van der Waals surface area contributed by atoms with Crippen molar-refractivity contribution in [2.45, 2.75) is 32.1 Å². The molecule has 0 aromatic rings. The number of rotatable bonds is 2. The summed E-state index contributed by atoms with van der Waals surface area (Å²) < 4.78 is 4.79. The molecule has 3 fully saturated rings. The van der Waals surface area contributed by atoms with Crippen molar-refractivity contribution in [3.05, 3.63) is 0 Å². The molecule has 1 amide bonds. The van der Waals surface area contributed by atoms with Crippen LogP contribution in [0.4, 0.5) is 0 Å². The molecular weight excluding hydrogens is 256 g/mol. The Balaban J connectivity index is 1.51. The molecule has 1 saturated carbocycles. The van der Waals surface area contributed by atoms with E-state index in [-0.39, 0.29) is 17.8 Å². The average Bonchev–Trinajstić information content (AvgIpc) is 3.19. The Labute approximate surface area is 120 Å². The monoisotopic (exact) mass is 280 g/mol. The van der Waals surface area contributed by atoms with E-state index in [1.807, 2.05) is 4.90 Å². The maximum absolute atomic E-state index is 12.6. The molecular formula is C15H24N2O3. The number of amides is 1. The lowest BCUT2D eigenvalue weighted by Gasteiger charge is -2.32. The van der Waals surface area contributed by atoms with Gasteiger partial charge in [-0.15, -0.1) is 0 Å². The third kappa shape index (κ3) is 2.43. The molecule has 3 rings (SSSR count). The summed E-state index contributed by atoms with van der Waals surface area (Å²) in [5.41, 5.74) is 0.307. The second-order valence-electron chi connectivity index (χ2n) is 6.49. The highest BCUT2D eigenvalue weighted by Gasteiger charge is 2.58. The highest BCUT2D eigenvalue weighted by Crippen LogP contribution is 2.59. The van der Waals surface area contributed by atoms with E-state index in [0.29, 0.717) is 24.4 Å². The van der Waals surface area contributed by atoms with Crippen LogP contribution < -0.4 is 5.32 Å². The normalized spacial score (nSPS) is 29.2. The van der Waals surface area contributed by atoms with Gasteiger partial charge in [-0.3, -0.25) is 9.59 Å². The van der Waals surface area contributed by atoms with E-state index < -0.39 is 0 Å². The predicted octanol–water partition coefficient (Wildman–Crippen LogP) is 0.788. The Kier molecular flexibility index (Phi) is 3.71. The number of methoxy groups -OCH3 is 1. The van der Waals surface area contributed by atoms with Gasteiger partial charge in [-0.2, -0.15) is 0 Å². The molecule has 1 atom stereocenters. The summed E-state index contributed by atoms with van der Waals surface area (Å²) in [6.45, 7) is 3.52. The first-order chi connectivity index (χ1) is 9.66. The zero-order valence-corrected chi connectivity index (χ0v) is 12.2. The Bertz CT molecular complexity index is 396. The Hall–Kier alpha value is -1.10. The number of carbonyl (C=O) groups is 2. The van der Waals surface area contributed by atoms with Crippen LogP contribution in [-0.4, -0.2) is 50.1 Å². The van der Waals surface area contributed by atoms with Crippen LogP contribution in [-0.2, 0) is 14.3 Å². The predicted molar refractivity (Wildman–Crippen MR) is 74.0 cm³/mol. The van der Waals surface area contributed by atoms with Crippen molar-refractivity contribution in [1.29, 1.82) is 0 Å². The van der Waals surface area contributed by atoms with Gasteiger partial charge in [0.25, 0.3) is 0 Å². The molecule has 2 saturated heterocycles. The zero-order valence-electron chi connectivity index (χ0n) is 12.2. The Morgan fingerprint density at radius 1 is 1.20 bits per heavy atom. The third-order valence-corrected chi connectivity index (χ3v) is 5.43. The number of likely N-dealkylation sites (tertiary alicyclic amines) is 1. The number of hydrogen-bond donors (Lipinski definition) is 1. The van der Waals surface area contributed by atoms with Gasteiger partial charge in [-0.25, -0.2) is 0 Å². The first kappa shape index (κ1) is 13.9. The molecule has 2 heterocycles. The molecule has 112 valence electrons. The molecule has 5 heteroatoms. The summed E-state index contributed by atoms with van der Waals surface area (Å²) in [5.74, 6) is 0.434. The Morgan fingerprint density at radius 3 is 2.45 bits per heavy atom. The third-order valence-electron chi connectivity index (χ3n) is 5.43. The summed E-state index contributed by atoms with van der Waals surface area (Å²) in [6.07, 6.45) is 4.86. The first-order valence-corrected chi connectivity index (χ1v) is 7.74. The first-order valence-electron chi connectivity index (χ1n) is 7.74. The van der Waals surface area contributed by atoms with Crippen molar-refractivity contribution >= 4 is 11.9 Å². The van der Waals surface area contributed by atoms with Gasteiger partial charge in [-0.1, -0.05) is 0 Å². The summed E-state index contributed by atoms with van der Waals surface area (Å²) in [4.78, 5) is 26.0. The fourth-order valence-corrected chi connectivity index (χ4v) is 3.90. The number of nitrogens with one attached hydrogen (secondary N) is 1. The highest BCUT2D eigenvalue weighted by atomic mass is 16.5. The van der Waals surface area contributed by atoms with E-state index >= 15 is 0 Å². The van der Waals surface area contributed by atoms with Gasteiger partial charge in [0.2, 0.25) is 5.91 Å². The van der Waals surface area contributed by atoms with E-state index in [1.165, 1.54) is 7.11 Å². The van der Waals surface area contributed by atoms with Crippen LogP contribution in [0.3, 0.4) is 0 Å². The van der Waals surface area contributed by atoms with E-state index in [9.17, 15) is 9.59 Å². The lowest BCUT2D eigenvalue weighted by molar-refractivity contribution is -0.149. The van der Waals surface area contributed by atoms with Crippen molar-refractivity contribution in [3.63, 3.8) is 0 Å². The molecule has 0 aromatic heterocycles. The summed E-state index contributed by atoms with van der Waals surface area (Å²) in [5, 5.41) is 3.37. The standard InChI is InChI=1S/C15H24N2O3/c1-20-14(19)11-2-8-17(9-3-11)13(18)12-10-15(12)4-6-16-7-5-15/h11-12,16H,2-10H2,1H3.